The lowest BCUT2D eigenvalue weighted by atomic mass is 10.1. The van der Waals surface area contributed by atoms with Gasteiger partial charge in [-0.05, 0) is 38.3 Å². The zero-order chi connectivity index (χ0) is 15.7. The van der Waals surface area contributed by atoms with E-state index in [1.807, 2.05) is 30.3 Å². The lowest BCUT2D eigenvalue weighted by Gasteiger charge is -2.19. The number of ether oxygens (including phenoxy) is 2. The van der Waals surface area contributed by atoms with Crippen LogP contribution in [-0.4, -0.2) is 18.2 Å². The molecule has 0 bridgehead atoms. The van der Waals surface area contributed by atoms with Crippen LogP contribution >= 0.6 is 0 Å². The van der Waals surface area contributed by atoms with Gasteiger partial charge in [0.15, 0.2) is 0 Å². The third-order valence-corrected chi connectivity index (χ3v) is 2.62. The minimum Gasteiger partial charge on any atom is -0.460 e. The summed E-state index contributed by atoms with van der Waals surface area (Å²) in [7, 11) is 0. The van der Waals surface area contributed by atoms with Crippen LogP contribution in [0.25, 0.3) is 0 Å². The number of carbonyl (C=O) groups is 1. The standard InChI is InChI=1S/C17H23FO3/c1-17(2,3)21-16(19)10-9-15(11-18)13-20-12-14-7-5-4-6-8-14/h4-8,11H,9-10,12-13H2,1-3H3. The summed E-state index contributed by atoms with van der Waals surface area (Å²) in [5.74, 6) is -0.329. The van der Waals surface area contributed by atoms with Gasteiger partial charge in [-0.1, -0.05) is 30.3 Å². The summed E-state index contributed by atoms with van der Waals surface area (Å²) >= 11 is 0. The molecular formula is C17H23FO3. The molecule has 0 saturated carbocycles. The fourth-order valence-electron chi connectivity index (χ4n) is 1.69. The van der Waals surface area contributed by atoms with Crippen molar-refractivity contribution in [3.05, 3.63) is 47.8 Å². The molecule has 0 aliphatic carbocycles. The van der Waals surface area contributed by atoms with E-state index < -0.39 is 5.60 Å². The van der Waals surface area contributed by atoms with Gasteiger partial charge < -0.3 is 9.47 Å². The minimum atomic E-state index is -0.513. The molecule has 0 radical (unpaired) electrons. The Balaban J connectivity index is 2.28. The second-order valence-corrected chi connectivity index (χ2v) is 5.83. The number of esters is 1. The number of rotatable bonds is 7. The molecule has 116 valence electrons. The van der Waals surface area contributed by atoms with Crippen LogP contribution in [0.4, 0.5) is 4.39 Å². The van der Waals surface area contributed by atoms with E-state index in [4.69, 9.17) is 9.47 Å². The van der Waals surface area contributed by atoms with E-state index in [2.05, 4.69) is 0 Å². The van der Waals surface area contributed by atoms with Crippen molar-refractivity contribution in [1.29, 1.82) is 0 Å². The molecule has 4 heteroatoms. The van der Waals surface area contributed by atoms with E-state index in [1.54, 1.807) is 20.8 Å². The maximum atomic E-state index is 12.8. The molecule has 0 amide bonds. The molecule has 3 nitrogen and oxygen atoms in total. The first-order valence-corrected chi connectivity index (χ1v) is 7.02. The lowest BCUT2D eigenvalue weighted by molar-refractivity contribution is -0.154. The Morgan fingerprint density at radius 2 is 1.86 bits per heavy atom. The third-order valence-electron chi connectivity index (χ3n) is 2.62. The first-order valence-electron chi connectivity index (χ1n) is 7.02. The van der Waals surface area contributed by atoms with E-state index in [0.717, 1.165) is 5.56 Å². The molecule has 0 aromatic heterocycles. The minimum absolute atomic E-state index is 0.154. The molecule has 0 heterocycles. The van der Waals surface area contributed by atoms with Crippen LogP contribution in [0.15, 0.2) is 42.2 Å². The zero-order valence-electron chi connectivity index (χ0n) is 12.9. The average Bonchev–Trinajstić information content (AvgIpc) is 2.42. The van der Waals surface area contributed by atoms with E-state index in [0.29, 0.717) is 24.9 Å². The Bertz CT molecular complexity index is 461. The van der Waals surface area contributed by atoms with E-state index >= 15 is 0 Å². The molecule has 0 aliphatic rings. The Kier molecular flexibility index (Phi) is 7.09. The van der Waals surface area contributed by atoms with Gasteiger partial charge in [0.1, 0.15) is 5.60 Å². The topological polar surface area (TPSA) is 35.5 Å². The summed E-state index contributed by atoms with van der Waals surface area (Å²) in [6.07, 6.45) is 0.970. The molecule has 0 spiro atoms. The normalized spacial score (nSPS) is 12.3. The number of benzene rings is 1. The molecule has 1 aromatic rings. The molecule has 0 saturated heterocycles. The van der Waals surface area contributed by atoms with Crippen molar-refractivity contribution in [2.75, 3.05) is 6.61 Å². The summed E-state index contributed by atoms with van der Waals surface area (Å²) < 4.78 is 23.4. The van der Waals surface area contributed by atoms with Gasteiger partial charge in [-0.25, -0.2) is 4.39 Å². The first kappa shape index (κ1) is 17.4. The quantitative estimate of drug-likeness (QED) is 0.708. The van der Waals surface area contributed by atoms with Gasteiger partial charge in [0.05, 0.1) is 19.5 Å². The molecule has 0 atom stereocenters. The highest BCUT2D eigenvalue weighted by molar-refractivity contribution is 5.70. The van der Waals surface area contributed by atoms with Crippen LogP contribution in [0.5, 0.6) is 0 Å². The largest absolute Gasteiger partial charge is 0.460 e. The van der Waals surface area contributed by atoms with Crippen LogP contribution in [0.2, 0.25) is 0 Å². The molecular weight excluding hydrogens is 271 g/mol. The van der Waals surface area contributed by atoms with Crippen molar-refractivity contribution in [1.82, 2.24) is 0 Å². The number of halogens is 1. The van der Waals surface area contributed by atoms with Crippen LogP contribution in [0, 0.1) is 0 Å². The monoisotopic (exact) mass is 294 g/mol. The van der Waals surface area contributed by atoms with Gasteiger partial charge in [-0.3, -0.25) is 4.79 Å². The van der Waals surface area contributed by atoms with Crippen molar-refractivity contribution in [2.45, 2.75) is 45.8 Å². The summed E-state index contributed by atoms with van der Waals surface area (Å²) in [6.45, 7) is 6.01. The van der Waals surface area contributed by atoms with Gasteiger partial charge in [0.2, 0.25) is 0 Å². The summed E-state index contributed by atoms with van der Waals surface area (Å²) in [6, 6.07) is 9.66. The molecule has 0 N–H and O–H groups in total. The molecule has 0 unspecified atom stereocenters. The summed E-state index contributed by atoms with van der Waals surface area (Å²) in [5.41, 5.74) is 0.972. The van der Waals surface area contributed by atoms with Gasteiger partial charge in [0.25, 0.3) is 0 Å². The smallest absolute Gasteiger partial charge is 0.306 e. The van der Waals surface area contributed by atoms with E-state index in [1.165, 1.54) is 0 Å². The highest BCUT2D eigenvalue weighted by atomic mass is 19.1. The van der Waals surface area contributed by atoms with E-state index in [9.17, 15) is 9.18 Å². The lowest BCUT2D eigenvalue weighted by Crippen LogP contribution is -2.23. The zero-order valence-corrected chi connectivity index (χ0v) is 12.9. The Morgan fingerprint density at radius 3 is 2.43 bits per heavy atom. The highest BCUT2D eigenvalue weighted by Gasteiger charge is 2.16. The second-order valence-electron chi connectivity index (χ2n) is 5.83. The maximum absolute atomic E-state index is 12.8. The van der Waals surface area contributed by atoms with Crippen molar-refractivity contribution >= 4 is 5.97 Å². The fraction of sp³-hybridized carbons (Fsp3) is 0.471. The van der Waals surface area contributed by atoms with Crippen LogP contribution < -0.4 is 0 Å². The molecule has 0 aliphatic heterocycles. The SMILES string of the molecule is CC(C)(C)OC(=O)CCC(=CF)COCc1ccccc1. The average molecular weight is 294 g/mol. The molecule has 1 aromatic carbocycles. The predicted octanol–water partition coefficient (Wildman–Crippen LogP) is 4.18. The van der Waals surface area contributed by atoms with Crippen molar-refractivity contribution < 1.29 is 18.7 Å². The maximum Gasteiger partial charge on any atom is 0.306 e. The van der Waals surface area contributed by atoms with Crippen molar-refractivity contribution in [2.24, 2.45) is 0 Å². The van der Waals surface area contributed by atoms with Gasteiger partial charge in [0, 0.05) is 6.42 Å². The van der Waals surface area contributed by atoms with Crippen LogP contribution in [0.1, 0.15) is 39.2 Å². The van der Waals surface area contributed by atoms with Gasteiger partial charge in [-0.2, -0.15) is 0 Å². The number of hydrogen-bond donors (Lipinski definition) is 0. The van der Waals surface area contributed by atoms with Crippen molar-refractivity contribution in [3.63, 3.8) is 0 Å². The summed E-state index contributed by atoms with van der Waals surface area (Å²) in [5, 5.41) is 0. The predicted molar refractivity (Wildman–Crippen MR) is 80.4 cm³/mol. The third kappa shape index (κ3) is 8.25. The highest BCUT2D eigenvalue weighted by Crippen LogP contribution is 2.13. The number of carbonyl (C=O) groups excluding carboxylic acids is 1. The Morgan fingerprint density at radius 1 is 1.19 bits per heavy atom. The van der Waals surface area contributed by atoms with Gasteiger partial charge in [-0.15, -0.1) is 0 Å². The Labute approximate surface area is 125 Å². The van der Waals surface area contributed by atoms with Gasteiger partial charge >= 0.3 is 5.97 Å². The number of hydrogen-bond acceptors (Lipinski definition) is 3. The second kappa shape index (κ2) is 8.57. The van der Waals surface area contributed by atoms with Crippen molar-refractivity contribution in [3.8, 4) is 0 Å². The first-order chi connectivity index (χ1) is 9.90. The van der Waals surface area contributed by atoms with E-state index in [-0.39, 0.29) is 19.0 Å². The molecule has 21 heavy (non-hydrogen) atoms. The fourth-order valence-corrected chi connectivity index (χ4v) is 1.69. The van der Waals surface area contributed by atoms with Crippen LogP contribution in [0.3, 0.4) is 0 Å². The molecule has 1 rings (SSSR count). The van der Waals surface area contributed by atoms with Crippen LogP contribution in [-0.2, 0) is 20.9 Å². The Hall–Kier alpha value is -1.68. The molecule has 0 fully saturated rings. The summed E-state index contributed by atoms with van der Waals surface area (Å²) in [4.78, 5) is 11.6.